The lowest BCUT2D eigenvalue weighted by molar-refractivity contribution is 0.262. The van der Waals surface area contributed by atoms with Crippen LogP contribution in [-0.2, 0) is 5.41 Å². The van der Waals surface area contributed by atoms with Crippen LogP contribution in [0.3, 0.4) is 0 Å². The van der Waals surface area contributed by atoms with Gasteiger partial charge < -0.3 is 10.3 Å². The highest BCUT2D eigenvalue weighted by molar-refractivity contribution is 6.30. The van der Waals surface area contributed by atoms with Gasteiger partial charge in [-0.3, -0.25) is 5.32 Å². The number of hydrogen-bond donors (Lipinski definition) is 3. The Balaban J connectivity index is 1.74. The van der Waals surface area contributed by atoms with Crippen molar-refractivity contribution in [3.63, 3.8) is 0 Å². The fourth-order valence-electron chi connectivity index (χ4n) is 2.82. The van der Waals surface area contributed by atoms with E-state index < -0.39 is 6.03 Å². The van der Waals surface area contributed by atoms with Crippen molar-refractivity contribution in [1.82, 2.24) is 4.98 Å². The Morgan fingerprint density at radius 3 is 2.25 bits per heavy atom. The molecule has 1 heterocycles. The number of nitrogens with one attached hydrogen (secondary N) is 3. The molecule has 0 aliphatic carbocycles. The second kappa shape index (κ2) is 7.79. The molecule has 0 aliphatic heterocycles. The van der Waals surface area contributed by atoms with Gasteiger partial charge in [-0.2, -0.15) is 5.26 Å². The molecule has 2 amide bonds. The summed E-state index contributed by atoms with van der Waals surface area (Å²) in [7, 11) is 0. The van der Waals surface area contributed by atoms with Gasteiger partial charge in [0.2, 0.25) is 0 Å². The Morgan fingerprint density at radius 2 is 1.68 bits per heavy atom. The van der Waals surface area contributed by atoms with Gasteiger partial charge in [0.1, 0.15) is 17.5 Å². The van der Waals surface area contributed by atoms with Crippen LogP contribution in [0.2, 0.25) is 5.02 Å². The number of carbonyl (C=O) groups is 1. The molecule has 3 N–H and O–H groups in total. The summed E-state index contributed by atoms with van der Waals surface area (Å²) < 4.78 is 0. The molecule has 0 saturated heterocycles. The number of carbonyl (C=O) groups excluding carboxylic acids is 1. The summed E-state index contributed by atoms with van der Waals surface area (Å²) in [6.07, 6.45) is 1.69. The second-order valence-corrected chi connectivity index (χ2v) is 7.91. The Hall–Kier alpha value is -3.23. The average Bonchev–Trinajstić information content (AvgIpc) is 3.04. The predicted octanol–water partition coefficient (Wildman–Crippen LogP) is 6.15. The maximum Gasteiger partial charge on any atom is 0.324 e. The predicted molar refractivity (Wildman–Crippen MR) is 114 cm³/mol. The van der Waals surface area contributed by atoms with E-state index in [1.807, 2.05) is 36.4 Å². The Labute approximate surface area is 169 Å². The lowest BCUT2D eigenvalue weighted by Crippen LogP contribution is -2.20. The minimum Gasteiger partial charge on any atom is -0.346 e. The van der Waals surface area contributed by atoms with Crippen LogP contribution < -0.4 is 10.6 Å². The molecule has 3 rings (SSSR count). The van der Waals surface area contributed by atoms with Crippen molar-refractivity contribution in [2.24, 2.45) is 0 Å². The van der Waals surface area contributed by atoms with Gasteiger partial charge in [-0.1, -0.05) is 56.6 Å². The summed E-state index contributed by atoms with van der Waals surface area (Å²) in [5, 5.41) is 15.6. The summed E-state index contributed by atoms with van der Waals surface area (Å²) in [4.78, 5) is 15.3. The number of aromatic amines is 1. The average molecular weight is 393 g/mol. The topological polar surface area (TPSA) is 80.7 Å². The van der Waals surface area contributed by atoms with Crippen LogP contribution in [-0.4, -0.2) is 11.0 Å². The van der Waals surface area contributed by atoms with Crippen LogP contribution >= 0.6 is 11.6 Å². The first kappa shape index (κ1) is 19.5. The molecule has 1 aromatic heterocycles. The van der Waals surface area contributed by atoms with Crippen molar-refractivity contribution in [2.75, 3.05) is 10.6 Å². The van der Waals surface area contributed by atoms with E-state index in [1.54, 1.807) is 18.3 Å². The van der Waals surface area contributed by atoms with Crippen molar-refractivity contribution >= 4 is 29.1 Å². The number of nitriles is 1. The van der Waals surface area contributed by atoms with E-state index in [4.69, 9.17) is 11.6 Å². The molecule has 5 nitrogen and oxygen atoms in total. The van der Waals surface area contributed by atoms with Crippen LogP contribution in [0.25, 0.3) is 11.1 Å². The minimum atomic E-state index is -0.426. The molecule has 0 fully saturated rings. The fraction of sp³-hybridized carbons (Fsp3) is 0.182. The fourth-order valence-corrected chi connectivity index (χ4v) is 2.95. The number of urea groups is 1. The molecule has 142 valence electrons. The molecule has 0 spiro atoms. The van der Waals surface area contributed by atoms with Crippen molar-refractivity contribution in [1.29, 1.82) is 5.26 Å². The van der Waals surface area contributed by atoms with E-state index in [9.17, 15) is 10.1 Å². The van der Waals surface area contributed by atoms with E-state index in [-0.39, 0.29) is 5.41 Å². The molecular weight excluding hydrogens is 372 g/mol. The van der Waals surface area contributed by atoms with Gasteiger partial charge in [0.25, 0.3) is 0 Å². The normalized spacial score (nSPS) is 11.0. The van der Waals surface area contributed by atoms with Crippen molar-refractivity contribution in [3.8, 4) is 17.2 Å². The highest BCUT2D eigenvalue weighted by Crippen LogP contribution is 2.29. The van der Waals surface area contributed by atoms with Crippen LogP contribution in [0, 0.1) is 11.3 Å². The zero-order valence-electron chi connectivity index (χ0n) is 15.9. The SMILES string of the molecule is CC(C)(C)c1ccc(NC(=O)Nc2[nH]cc(-c3ccc(Cl)cc3)c2C#N)cc1. The zero-order valence-corrected chi connectivity index (χ0v) is 16.7. The summed E-state index contributed by atoms with van der Waals surface area (Å²) >= 11 is 5.92. The van der Waals surface area contributed by atoms with Crippen molar-refractivity contribution in [2.45, 2.75) is 26.2 Å². The van der Waals surface area contributed by atoms with Crippen molar-refractivity contribution < 1.29 is 4.79 Å². The first-order valence-corrected chi connectivity index (χ1v) is 9.21. The number of rotatable bonds is 3. The van der Waals surface area contributed by atoms with E-state index in [2.05, 4.69) is 42.5 Å². The Morgan fingerprint density at radius 1 is 1.04 bits per heavy atom. The van der Waals surface area contributed by atoms with Crippen LogP contribution in [0.1, 0.15) is 31.9 Å². The van der Waals surface area contributed by atoms with Gasteiger partial charge in [-0.15, -0.1) is 0 Å². The maximum absolute atomic E-state index is 12.4. The van der Waals surface area contributed by atoms with Crippen LogP contribution in [0.4, 0.5) is 16.3 Å². The van der Waals surface area contributed by atoms with Crippen molar-refractivity contribution in [3.05, 3.63) is 70.9 Å². The first-order valence-electron chi connectivity index (χ1n) is 8.84. The highest BCUT2D eigenvalue weighted by Gasteiger charge is 2.16. The van der Waals surface area contributed by atoms with E-state index in [0.29, 0.717) is 27.7 Å². The maximum atomic E-state index is 12.4. The smallest absolute Gasteiger partial charge is 0.324 e. The van der Waals surface area contributed by atoms with Crippen LogP contribution in [0.5, 0.6) is 0 Å². The molecule has 0 unspecified atom stereocenters. The quantitative estimate of drug-likeness (QED) is 0.499. The third kappa shape index (κ3) is 4.36. The van der Waals surface area contributed by atoms with Gasteiger partial charge >= 0.3 is 6.03 Å². The number of halogens is 1. The number of hydrogen-bond acceptors (Lipinski definition) is 2. The summed E-state index contributed by atoms with van der Waals surface area (Å²) in [6.45, 7) is 6.40. The van der Waals surface area contributed by atoms with Gasteiger partial charge in [-0.05, 0) is 40.8 Å². The minimum absolute atomic E-state index is 0.0464. The Kier molecular flexibility index (Phi) is 5.43. The molecule has 3 aromatic rings. The molecular formula is C22H21ClN4O. The van der Waals surface area contributed by atoms with Gasteiger partial charge in [-0.25, -0.2) is 4.79 Å². The first-order chi connectivity index (χ1) is 13.3. The standard InChI is InChI=1S/C22H21ClN4O/c1-22(2,3)15-6-10-17(11-7-15)26-21(28)27-20-18(12-24)19(13-25-20)14-4-8-16(23)9-5-14/h4-11,13,25H,1-3H3,(H2,26,27,28). The summed E-state index contributed by atoms with van der Waals surface area (Å²) in [5.41, 5.74) is 3.80. The lowest BCUT2D eigenvalue weighted by atomic mass is 9.87. The number of aromatic nitrogens is 1. The molecule has 0 aliphatic rings. The molecule has 6 heteroatoms. The Bertz CT molecular complexity index is 1020. The van der Waals surface area contributed by atoms with Gasteiger partial charge in [0.05, 0.1) is 0 Å². The van der Waals surface area contributed by atoms with Crippen LogP contribution in [0.15, 0.2) is 54.7 Å². The molecule has 28 heavy (non-hydrogen) atoms. The number of H-pyrrole nitrogens is 1. The molecule has 2 aromatic carbocycles. The van der Waals surface area contributed by atoms with E-state index >= 15 is 0 Å². The zero-order chi connectivity index (χ0) is 20.3. The number of anilines is 2. The molecule has 0 atom stereocenters. The van der Waals surface area contributed by atoms with E-state index in [0.717, 1.165) is 5.56 Å². The molecule has 0 radical (unpaired) electrons. The number of nitrogens with zero attached hydrogens (tertiary/aromatic N) is 1. The lowest BCUT2D eigenvalue weighted by Gasteiger charge is -2.19. The van der Waals surface area contributed by atoms with Gasteiger partial charge in [0, 0.05) is 22.5 Å². The van der Waals surface area contributed by atoms with Gasteiger partial charge in [0.15, 0.2) is 0 Å². The monoisotopic (exact) mass is 392 g/mol. The van der Waals surface area contributed by atoms with E-state index in [1.165, 1.54) is 5.56 Å². The number of benzene rings is 2. The summed E-state index contributed by atoms with van der Waals surface area (Å²) in [5.74, 6) is 0.344. The third-order valence-electron chi connectivity index (χ3n) is 4.39. The number of amides is 2. The molecule has 0 saturated carbocycles. The highest BCUT2D eigenvalue weighted by atomic mass is 35.5. The largest absolute Gasteiger partial charge is 0.346 e. The third-order valence-corrected chi connectivity index (χ3v) is 4.65. The second-order valence-electron chi connectivity index (χ2n) is 7.48. The molecule has 0 bridgehead atoms. The summed E-state index contributed by atoms with van der Waals surface area (Å²) in [6, 6.07) is 16.6.